The van der Waals surface area contributed by atoms with Crippen molar-refractivity contribution < 1.29 is 4.74 Å². The Kier molecular flexibility index (Phi) is 5.07. The Balaban J connectivity index is 2.06. The van der Waals surface area contributed by atoms with Crippen LogP contribution in [0.4, 0.5) is 0 Å². The van der Waals surface area contributed by atoms with Crippen LogP contribution in [-0.2, 0) is 0 Å². The Morgan fingerprint density at radius 1 is 1.00 bits per heavy atom. The molecule has 0 saturated heterocycles. The number of fused-ring (bicyclic) bond motifs is 1. The van der Waals surface area contributed by atoms with E-state index in [2.05, 4.69) is 44.8 Å². The van der Waals surface area contributed by atoms with E-state index in [1.807, 2.05) is 23.7 Å². The van der Waals surface area contributed by atoms with Crippen molar-refractivity contribution in [1.82, 2.24) is 14.4 Å². The summed E-state index contributed by atoms with van der Waals surface area (Å²) in [4.78, 5) is 9.43. The van der Waals surface area contributed by atoms with Crippen LogP contribution in [-0.4, -0.2) is 21.0 Å². The number of rotatable bonds is 6. The maximum Gasteiger partial charge on any atom is 0.202 e. The smallest absolute Gasteiger partial charge is 0.202 e. The van der Waals surface area contributed by atoms with Crippen molar-refractivity contribution in [1.29, 1.82) is 0 Å². The molecule has 132 valence electrons. The molecule has 25 heavy (non-hydrogen) atoms. The molecule has 4 heteroatoms. The predicted octanol–water partition coefficient (Wildman–Crippen LogP) is 5.20. The maximum absolute atomic E-state index is 6.01. The predicted molar refractivity (Wildman–Crippen MR) is 102 cm³/mol. The fraction of sp³-hybridized carbons (Fsp3) is 0.429. The van der Waals surface area contributed by atoms with Gasteiger partial charge >= 0.3 is 0 Å². The van der Waals surface area contributed by atoms with Gasteiger partial charge < -0.3 is 4.74 Å². The summed E-state index contributed by atoms with van der Waals surface area (Å²) in [6.45, 7) is 11.3. The Labute approximate surface area is 149 Å². The molecule has 0 atom stereocenters. The zero-order valence-corrected chi connectivity index (χ0v) is 15.9. The van der Waals surface area contributed by atoms with Crippen LogP contribution in [0.1, 0.15) is 48.6 Å². The Hall–Kier alpha value is -2.36. The number of aromatic nitrogens is 3. The van der Waals surface area contributed by atoms with Gasteiger partial charge in [0.15, 0.2) is 5.65 Å². The van der Waals surface area contributed by atoms with Gasteiger partial charge in [0.2, 0.25) is 5.88 Å². The molecule has 0 aliphatic carbocycles. The molecule has 3 rings (SSSR count). The van der Waals surface area contributed by atoms with E-state index in [-0.39, 0.29) is 0 Å². The van der Waals surface area contributed by atoms with Crippen LogP contribution in [0.3, 0.4) is 0 Å². The van der Waals surface area contributed by atoms with Crippen molar-refractivity contribution in [3.8, 4) is 17.1 Å². The lowest BCUT2D eigenvalue weighted by Crippen LogP contribution is -2.03. The average molecular weight is 337 g/mol. The van der Waals surface area contributed by atoms with E-state index < -0.39 is 0 Å². The van der Waals surface area contributed by atoms with Gasteiger partial charge in [-0.05, 0) is 45.2 Å². The fourth-order valence-corrected chi connectivity index (χ4v) is 3.43. The number of ether oxygens (including phenoxy) is 1. The molecule has 0 aliphatic rings. The minimum Gasteiger partial charge on any atom is -0.478 e. The molecule has 1 aromatic carbocycles. The summed E-state index contributed by atoms with van der Waals surface area (Å²) >= 11 is 0. The third-order valence-corrected chi connectivity index (χ3v) is 4.51. The fourth-order valence-electron chi connectivity index (χ4n) is 3.43. The Morgan fingerprint density at radius 2 is 1.72 bits per heavy atom. The Bertz CT molecular complexity index is 873. The van der Waals surface area contributed by atoms with Gasteiger partial charge in [0.25, 0.3) is 0 Å². The standard InChI is InChI=1S/C21H27N3O/c1-6-7-8-9-25-18-12-17(5)23-21-20(22-13-24(18)21)19-15(3)10-14(2)11-16(19)4/h10-13H,6-9H2,1-5H3. The van der Waals surface area contributed by atoms with E-state index in [4.69, 9.17) is 9.72 Å². The van der Waals surface area contributed by atoms with Crippen LogP contribution < -0.4 is 4.74 Å². The first-order chi connectivity index (χ1) is 12.0. The van der Waals surface area contributed by atoms with Gasteiger partial charge in [-0.25, -0.2) is 9.97 Å². The molecule has 0 amide bonds. The van der Waals surface area contributed by atoms with Crippen LogP contribution in [0.25, 0.3) is 16.9 Å². The van der Waals surface area contributed by atoms with Gasteiger partial charge in [-0.3, -0.25) is 4.40 Å². The summed E-state index contributed by atoms with van der Waals surface area (Å²) in [5, 5.41) is 0. The van der Waals surface area contributed by atoms with Crippen molar-refractivity contribution in [2.45, 2.75) is 53.9 Å². The van der Waals surface area contributed by atoms with Gasteiger partial charge in [-0.2, -0.15) is 0 Å². The summed E-state index contributed by atoms with van der Waals surface area (Å²) in [6, 6.07) is 6.39. The van der Waals surface area contributed by atoms with Crippen molar-refractivity contribution in [3.05, 3.63) is 46.9 Å². The number of imidazole rings is 1. The monoisotopic (exact) mass is 337 g/mol. The SMILES string of the molecule is CCCCCOc1cc(C)nc2c(-c3c(C)cc(C)cc3C)ncn12. The lowest BCUT2D eigenvalue weighted by molar-refractivity contribution is 0.290. The number of unbranched alkanes of at least 4 members (excludes halogenated alkanes) is 2. The van der Waals surface area contributed by atoms with Gasteiger partial charge in [-0.15, -0.1) is 0 Å². The lowest BCUT2D eigenvalue weighted by Gasteiger charge is -2.11. The zero-order chi connectivity index (χ0) is 18.0. The molecular weight excluding hydrogens is 310 g/mol. The third-order valence-electron chi connectivity index (χ3n) is 4.51. The zero-order valence-electron chi connectivity index (χ0n) is 15.9. The summed E-state index contributed by atoms with van der Waals surface area (Å²) in [7, 11) is 0. The van der Waals surface area contributed by atoms with E-state index >= 15 is 0 Å². The molecule has 0 aliphatic heterocycles. The first kappa shape index (κ1) is 17.5. The number of nitrogens with zero attached hydrogens (tertiary/aromatic N) is 3. The highest BCUT2D eigenvalue weighted by atomic mass is 16.5. The van der Waals surface area contributed by atoms with Crippen LogP contribution >= 0.6 is 0 Å². The van der Waals surface area contributed by atoms with E-state index in [1.54, 1.807) is 0 Å². The minimum atomic E-state index is 0.725. The van der Waals surface area contributed by atoms with Gasteiger partial charge in [0.05, 0.1) is 6.61 Å². The molecule has 0 N–H and O–H groups in total. The third kappa shape index (κ3) is 3.53. The molecule has 0 fully saturated rings. The van der Waals surface area contributed by atoms with Gasteiger partial charge in [-0.1, -0.05) is 37.5 Å². The number of aryl methyl sites for hydroxylation is 4. The summed E-state index contributed by atoms with van der Waals surface area (Å²) < 4.78 is 7.98. The highest BCUT2D eigenvalue weighted by Crippen LogP contribution is 2.31. The molecule has 0 spiro atoms. The van der Waals surface area contributed by atoms with Crippen molar-refractivity contribution >= 4 is 5.65 Å². The van der Waals surface area contributed by atoms with Gasteiger partial charge in [0.1, 0.15) is 12.0 Å². The molecule has 0 radical (unpaired) electrons. The Morgan fingerprint density at radius 3 is 2.40 bits per heavy atom. The topological polar surface area (TPSA) is 39.4 Å². The van der Waals surface area contributed by atoms with E-state index in [1.165, 1.54) is 35.1 Å². The van der Waals surface area contributed by atoms with E-state index in [0.717, 1.165) is 35.9 Å². The average Bonchev–Trinajstić information content (AvgIpc) is 2.94. The van der Waals surface area contributed by atoms with Gasteiger partial charge in [0, 0.05) is 17.3 Å². The second-order valence-electron chi connectivity index (χ2n) is 6.85. The molecule has 3 aromatic rings. The molecule has 0 saturated carbocycles. The molecule has 0 bridgehead atoms. The second-order valence-corrected chi connectivity index (χ2v) is 6.85. The number of benzene rings is 1. The molecule has 2 aromatic heterocycles. The molecule has 0 unspecified atom stereocenters. The van der Waals surface area contributed by atoms with E-state index in [0.29, 0.717) is 0 Å². The van der Waals surface area contributed by atoms with Crippen LogP contribution in [0.5, 0.6) is 5.88 Å². The quantitative estimate of drug-likeness (QED) is 0.580. The largest absolute Gasteiger partial charge is 0.478 e. The highest BCUT2D eigenvalue weighted by molar-refractivity contribution is 5.79. The minimum absolute atomic E-state index is 0.725. The summed E-state index contributed by atoms with van der Waals surface area (Å²) in [5.41, 5.74) is 7.63. The summed E-state index contributed by atoms with van der Waals surface area (Å²) in [6.07, 6.45) is 5.27. The first-order valence-electron chi connectivity index (χ1n) is 9.07. The maximum atomic E-state index is 6.01. The molecule has 4 nitrogen and oxygen atoms in total. The number of hydrogen-bond donors (Lipinski definition) is 0. The molecule has 2 heterocycles. The van der Waals surface area contributed by atoms with Crippen molar-refractivity contribution in [3.63, 3.8) is 0 Å². The van der Waals surface area contributed by atoms with Crippen LogP contribution in [0, 0.1) is 27.7 Å². The summed E-state index contributed by atoms with van der Waals surface area (Å²) in [5.74, 6) is 0.819. The van der Waals surface area contributed by atoms with Crippen molar-refractivity contribution in [2.75, 3.05) is 6.61 Å². The highest BCUT2D eigenvalue weighted by Gasteiger charge is 2.16. The lowest BCUT2D eigenvalue weighted by atomic mass is 9.97. The van der Waals surface area contributed by atoms with Crippen LogP contribution in [0.2, 0.25) is 0 Å². The normalized spacial score (nSPS) is 11.2. The van der Waals surface area contributed by atoms with E-state index in [9.17, 15) is 0 Å². The second kappa shape index (κ2) is 7.26. The first-order valence-corrected chi connectivity index (χ1v) is 9.07. The molecular formula is C21H27N3O. The van der Waals surface area contributed by atoms with Crippen LogP contribution in [0.15, 0.2) is 24.5 Å². The number of hydrogen-bond acceptors (Lipinski definition) is 3. The van der Waals surface area contributed by atoms with Crippen molar-refractivity contribution in [2.24, 2.45) is 0 Å².